The standard InChI is InChI=1S/C19H17ClP.C17H20N2O2S/c20-16-21(17-10-4-1-5-11-17,18-12-6-2-7-13-18)19-14-8-3-9-15-19;1-3-20-15-9-5-13(6-10-15)18-17(22)19-14-7-11-16(12-8-14)21-4-2/h1-15H,16H2;5-12H,3-4H2,1-2H3,(H2,18,19,22)/q+1;. The second-order valence-corrected chi connectivity index (χ2v) is 14.0. The van der Waals surface area contributed by atoms with Crippen molar-refractivity contribution in [3.8, 4) is 11.5 Å². The zero-order chi connectivity index (χ0) is 30.3. The minimum Gasteiger partial charge on any atom is -0.494 e. The van der Waals surface area contributed by atoms with Crippen molar-refractivity contribution >= 4 is 63.5 Å². The Labute approximate surface area is 266 Å². The van der Waals surface area contributed by atoms with E-state index in [1.165, 1.54) is 15.9 Å². The number of ether oxygens (including phenoxy) is 2. The van der Waals surface area contributed by atoms with E-state index < -0.39 is 7.26 Å². The van der Waals surface area contributed by atoms with Gasteiger partial charge in [0.25, 0.3) is 0 Å². The number of halogens is 1. The lowest BCUT2D eigenvalue weighted by Crippen LogP contribution is -2.32. The van der Waals surface area contributed by atoms with Crippen LogP contribution in [0.5, 0.6) is 11.5 Å². The van der Waals surface area contributed by atoms with Gasteiger partial charge in [0.15, 0.2) is 5.11 Å². The van der Waals surface area contributed by atoms with Gasteiger partial charge in [0.1, 0.15) is 40.3 Å². The molecule has 0 atom stereocenters. The molecule has 0 saturated carbocycles. The number of hydrogen-bond donors (Lipinski definition) is 2. The Morgan fingerprint density at radius 2 is 0.884 bits per heavy atom. The van der Waals surface area contributed by atoms with Gasteiger partial charge in [0.05, 0.1) is 13.2 Å². The third-order valence-corrected chi connectivity index (χ3v) is 11.8. The summed E-state index contributed by atoms with van der Waals surface area (Å²) < 4.78 is 10.8. The Kier molecular flexibility index (Phi) is 12.4. The third kappa shape index (κ3) is 8.81. The number of hydrogen-bond acceptors (Lipinski definition) is 3. The molecule has 7 heteroatoms. The Morgan fingerprint density at radius 1 is 0.558 bits per heavy atom. The molecule has 0 saturated heterocycles. The van der Waals surface area contributed by atoms with Crippen LogP contribution in [0.2, 0.25) is 0 Å². The molecule has 43 heavy (non-hydrogen) atoms. The topological polar surface area (TPSA) is 42.5 Å². The summed E-state index contributed by atoms with van der Waals surface area (Å²) >= 11 is 11.9. The summed E-state index contributed by atoms with van der Waals surface area (Å²) in [5.74, 6) is 1.69. The van der Waals surface area contributed by atoms with Crippen LogP contribution in [0.4, 0.5) is 11.4 Å². The van der Waals surface area contributed by atoms with Crippen LogP contribution in [-0.4, -0.2) is 23.9 Å². The average molecular weight is 628 g/mol. The first-order chi connectivity index (χ1) is 21.1. The van der Waals surface area contributed by atoms with Gasteiger partial charge in [-0.15, -0.1) is 0 Å². The number of nitrogens with one attached hydrogen (secondary N) is 2. The summed E-state index contributed by atoms with van der Waals surface area (Å²) in [5, 5.41) is 10.8. The van der Waals surface area contributed by atoms with Crippen molar-refractivity contribution in [1.82, 2.24) is 0 Å². The van der Waals surface area contributed by atoms with E-state index in [1.807, 2.05) is 62.4 Å². The molecule has 0 amide bonds. The Bertz CT molecular complexity index is 1370. The predicted molar refractivity (Wildman–Crippen MR) is 191 cm³/mol. The second-order valence-electron chi connectivity index (χ2n) is 9.43. The summed E-state index contributed by atoms with van der Waals surface area (Å²) in [6, 6.07) is 47.3. The lowest BCUT2D eigenvalue weighted by Gasteiger charge is -2.25. The van der Waals surface area contributed by atoms with Crippen LogP contribution >= 0.6 is 31.1 Å². The van der Waals surface area contributed by atoms with E-state index in [4.69, 9.17) is 33.3 Å². The van der Waals surface area contributed by atoms with Crippen molar-refractivity contribution in [3.63, 3.8) is 0 Å². The van der Waals surface area contributed by atoms with Crippen molar-refractivity contribution in [1.29, 1.82) is 0 Å². The molecule has 0 aromatic heterocycles. The van der Waals surface area contributed by atoms with Crippen molar-refractivity contribution in [3.05, 3.63) is 140 Å². The lowest BCUT2D eigenvalue weighted by atomic mass is 10.3. The largest absolute Gasteiger partial charge is 0.494 e. The Morgan fingerprint density at radius 3 is 1.16 bits per heavy atom. The molecule has 0 unspecified atom stereocenters. The molecule has 0 aliphatic rings. The van der Waals surface area contributed by atoms with Gasteiger partial charge in [0, 0.05) is 11.4 Å². The molecule has 0 heterocycles. The molecule has 0 radical (unpaired) electrons. The molecule has 5 rings (SSSR count). The van der Waals surface area contributed by atoms with E-state index in [2.05, 4.69) is 102 Å². The zero-order valence-corrected chi connectivity index (χ0v) is 26.9. The van der Waals surface area contributed by atoms with Crippen LogP contribution in [0.25, 0.3) is 0 Å². The van der Waals surface area contributed by atoms with E-state index in [0.29, 0.717) is 23.9 Å². The van der Waals surface area contributed by atoms with Gasteiger partial charge in [-0.2, -0.15) is 0 Å². The predicted octanol–water partition coefficient (Wildman–Crippen LogP) is 8.47. The van der Waals surface area contributed by atoms with Crippen LogP contribution in [-0.2, 0) is 0 Å². The molecule has 0 aliphatic heterocycles. The van der Waals surface area contributed by atoms with Crippen LogP contribution in [0.15, 0.2) is 140 Å². The first-order valence-electron chi connectivity index (χ1n) is 14.2. The van der Waals surface area contributed by atoms with Crippen LogP contribution < -0.4 is 36.0 Å². The van der Waals surface area contributed by atoms with E-state index in [-0.39, 0.29) is 0 Å². The number of benzene rings is 5. The summed E-state index contributed by atoms with van der Waals surface area (Å²) in [5.41, 5.74) is 2.43. The maximum absolute atomic E-state index is 6.58. The number of anilines is 2. The van der Waals surface area contributed by atoms with Gasteiger partial charge < -0.3 is 20.1 Å². The van der Waals surface area contributed by atoms with E-state index in [0.717, 1.165) is 22.9 Å². The van der Waals surface area contributed by atoms with Crippen molar-refractivity contribution in [2.45, 2.75) is 13.8 Å². The van der Waals surface area contributed by atoms with Gasteiger partial charge in [-0.25, -0.2) is 0 Å². The highest BCUT2D eigenvalue weighted by atomic mass is 35.5. The van der Waals surface area contributed by atoms with E-state index in [1.54, 1.807) is 0 Å². The lowest BCUT2D eigenvalue weighted by molar-refractivity contribution is 0.340. The summed E-state index contributed by atoms with van der Waals surface area (Å²) in [6.07, 6.45) is 0. The smallest absolute Gasteiger partial charge is 0.175 e. The zero-order valence-electron chi connectivity index (χ0n) is 24.5. The molecule has 0 spiro atoms. The number of alkyl halides is 1. The highest BCUT2D eigenvalue weighted by Crippen LogP contribution is 2.55. The first-order valence-corrected chi connectivity index (χ1v) is 17.1. The van der Waals surface area contributed by atoms with E-state index >= 15 is 0 Å². The van der Waals surface area contributed by atoms with Gasteiger partial charge in [0.2, 0.25) is 0 Å². The summed E-state index contributed by atoms with van der Waals surface area (Å²) in [7, 11) is -1.77. The van der Waals surface area contributed by atoms with Crippen molar-refractivity contribution < 1.29 is 9.47 Å². The number of rotatable bonds is 10. The minimum atomic E-state index is -1.77. The fourth-order valence-corrected chi connectivity index (χ4v) is 9.43. The Hall–Kier alpha value is -3.89. The van der Waals surface area contributed by atoms with Crippen LogP contribution in [0, 0.1) is 0 Å². The first kappa shape index (κ1) is 32.0. The molecule has 0 aliphatic carbocycles. The van der Waals surface area contributed by atoms with Crippen molar-refractivity contribution in [2.24, 2.45) is 0 Å². The Balaban J connectivity index is 0.000000197. The SMILES string of the molecule is CCOc1ccc(NC(=S)Nc2ccc(OCC)cc2)cc1.ClC[P+](c1ccccc1)(c1ccccc1)c1ccccc1. The summed E-state index contributed by atoms with van der Waals surface area (Å²) in [4.78, 5) is 0. The molecular formula is C36H37ClN2O2PS+. The fraction of sp³-hybridized carbons (Fsp3) is 0.139. The van der Waals surface area contributed by atoms with Crippen LogP contribution in [0.1, 0.15) is 13.8 Å². The maximum Gasteiger partial charge on any atom is 0.175 e. The molecule has 0 fully saturated rings. The van der Waals surface area contributed by atoms with E-state index in [9.17, 15) is 0 Å². The molecule has 0 bridgehead atoms. The summed E-state index contributed by atoms with van der Waals surface area (Å²) in [6.45, 7) is 5.24. The third-order valence-electron chi connectivity index (χ3n) is 6.62. The molecule has 5 aromatic rings. The molecular weight excluding hydrogens is 591 g/mol. The van der Waals surface area contributed by atoms with Crippen molar-refractivity contribution in [2.75, 3.05) is 29.5 Å². The van der Waals surface area contributed by atoms with Gasteiger partial charge in [-0.3, -0.25) is 0 Å². The van der Waals surface area contributed by atoms with Gasteiger partial charge in [-0.05, 0) is 111 Å². The second kappa shape index (κ2) is 16.7. The highest BCUT2D eigenvalue weighted by Gasteiger charge is 2.44. The minimum absolute atomic E-state index is 0.535. The quantitative estimate of drug-likeness (QED) is 0.0924. The molecule has 220 valence electrons. The fourth-order valence-electron chi connectivity index (χ4n) is 4.60. The average Bonchev–Trinajstić information content (AvgIpc) is 3.06. The van der Waals surface area contributed by atoms with Gasteiger partial charge >= 0.3 is 0 Å². The molecule has 2 N–H and O–H groups in total. The normalized spacial score (nSPS) is 10.6. The van der Waals surface area contributed by atoms with Gasteiger partial charge in [-0.1, -0.05) is 66.2 Å². The number of thiocarbonyl (C=S) groups is 1. The molecule has 5 aromatic carbocycles. The van der Waals surface area contributed by atoms with Crippen LogP contribution in [0.3, 0.4) is 0 Å². The maximum atomic E-state index is 6.58. The highest BCUT2D eigenvalue weighted by molar-refractivity contribution is 7.96. The molecule has 4 nitrogen and oxygen atoms in total. The monoisotopic (exact) mass is 627 g/mol.